The van der Waals surface area contributed by atoms with Gasteiger partial charge in [-0.1, -0.05) is 115 Å². The Morgan fingerprint density at radius 3 is 1.56 bits per heavy atom. The molecule has 0 radical (unpaired) electrons. The van der Waals surface area contributed by atoms with Gasteiger partial charge in [-0.25, -0.2) is 15.0 Å². The molecule has 3 heterocycles. The van der Waals surface area contributed by atoms with E-state index in [-0.39, 0.29) is 0 Å². The van der Waals surface area contributed by atoms with Crippen molar-refractivity contribution in [1.29, 1.82) is 0 Å². The highest BCUT2D eigenvalue weighted by Gasteiger charge is 2.16. The first-order chi connectivity index (χ1) is 25.7. The highest BCUT2D eigenvalue weighted by Crippen LogP contribution is 2.39. The van der Waals surface area contributed by atoms with E-state index in [9.17, 15) is 0 Å². The van der Waals surface area contributed by atoms with Crippen molar-refractivity contribution in [2.75, 3.05) is 0 Å². The molecule has 0 atom stereocenters. The van der Waals surface area contributed by atoms with Crippen LogP contribution < -0.4 is 0 Å². The van der Waals surface area contributed by atoms with E-state index in [1.807, 2.05) is 72.8 Å². The summed E-state index contributed by atoms with van der Waals surface area (Å²) in [5.41, 5.74) is 8.58. The number of para-hydroxylation sites is 1. The average Bonchev–Trinajstić information content (AvgIpc) is 3.77. The van der Waals surface area contributed by atoms with Crippen molar-refractivity contribution in [2.24, 2.45) is 0 Å². The highest BCUT2D eigenvalue weighted by atomic mass is 16.3. The molecule has 0 spiro atoms. The summed E-state index contributed by atoms with van der Waals surface area (Å²) in [6.07, 6.45) is 0. The predicted molar refractivity (Wildman–Crippen MR) is 211 cm³/mol. The number of furan rings is 2. The zero-order valence-electron chi connectivity index (χ0n) is 27.7. The van der Waals surface area contributed by atoms with Crippen molar-refractivity contribution in [3.8, 4) is 45.3 Å². The Morgan fingerprint density at radius 1 is 0.269 bits per heavy atom. The quantitative estimate of drug-likeness (QED) is 0.175. The zero-order valence-corrected chi connectivity index (χ0v) is 27.7. The maximum Gasteiger partial charge on any atom is 0.164 e. The number of fused-ring (bicyclic) bond motifs is 9. The summed E-state index contributed by atoms with van der Waals surface area (Å²) >= 11 is 0. The summed E-state index contributed by atoms with van der Waals surface area (Å²) in [4.78, 5) is 14.7. The first-order valence-corrected chi connectivity index (χ1v) is 17.3. The second-order valence-corrected chi connectivity index (χ2v) is 13.2. The molecule has 52 heavy (non-hydrogen) atoms. The molecule has 0 bridgehead atoms. The topological polar surface area (TPSA) is 65.0 Å². The van der Waals surface area contributed by atoms with E-state index in [4.69, 9.17) is 23.8 Å². The summed E-state index contributed by atoms with van der Waals surface area (Å²) in [5, 5.41) is 8.99. The minimum absolute atomic E-state index is 0.637. The van der Waals surface area contributed by atoms with Gasteiger partial charge in [0.25, 0.3) is 0 Å². The van der Waals surface area contributed by atoms with Gasteiger partial charge < -0.3 is 8.83 Å². The molecule has 8 aromatic carbocycles. The molecular formula is C47H27N3O2. The molecule has 242 valence electrons. The van der Waals surface area contributed by atoms with Crippen LogP contribution >= 0.6 is 0 Å². The largest absolute Gasteiger partial charge is 0.456 e. The van der Waals surface area contributed by atoms with Gasteiger partial charge in [-0.3, -0.25) is 0 Å². The average molecular weight is 666 g/mol. The molecule has 0 N–H and O–H groups in total. The Hall–Kier alpha value is -7.11. The summed E-state index contributed by atoms with van der Waals surface area (Å²) in [6.45, 7) is 0. The fourth-order valence-electron chi connectivity index (χ4n) is 7.50. The number of benzene rings is 8. The van der Waals surface area contributed by atoms with Crippen LogP contribution in [0.25, 0.3) is 111 Å². The number of hydrogen-bond acceptors (Lipinski definition) is 5. The highest BCUT2D eigenvalue weighted by molar-refractivity contribution is 6.17. The fraction of sp³-hybridized carbons (Fsp3) is 0. The fourth-order valence-corrected chi connectivity index (χ4v) is 7.50. The van der Waals surface area contributed by atoms with Crippen molar-refractivity contribution in [3.63, 3.8) is 0 Å². The van der Waals surface area contributed by atoms with Crippen molar-refractivity contribution in [2.45, 2.75) is 0 Å². The molecule has 0 aliphatic heterocycles. The lowest BCUT2D eigenvalue weighted by Gasteiger charge is -2.10. The van der Waals surface area contributed by atoms with E-state index in [1.165, 1.54) is 0 Å². The maximum absolute atomic E-state index is 6.57. The summed E-state index contributed by atoms with van der Waals surface area (Å²) in [6, 6.07) is 56.4. The molecule has 0 unspecified atom stereocenters. The number of aromatic nitrogens is 3. The molecule has 11 aromatic rings. The van der Waals surface area contributed by atoms with Gasteiger partial charge in [0.2, 0.25) is 0 Å². The maximum atomic E-state index is 6.57. The SMILES string of the molecule is c1ccc(-c2nc(-c3ccccc3)nc(-c3ccc4c(ccc5cc6c(cc54)oc4cc(-c5ccc7oc8ccccc8c7c5)ccc46)c3)n2)cc1. The van der Waals surface area contributed by atoms with Gasteiger partial charge in [0.05, 0.1) is 0 Å². The monoisotopic (exact) mass is 665 g/mol. The first-order valence-electron chi connectivity index (χ1n) is 17.3. The molecule has 0 aliphatic rings. The summed E-state index contributed by atoms with van der Waals surface area (Å²) in [7, 11) is 0. The van der Waals surface area contributed by atoms with Crippen molar-refractivity contribution >= 4 is 65.4 Å². The molecule has 5 heteroatoms. The normalized spacial score (nSPS) is 11.8. The van der Waals surface area contributed by atoms with Crippen LogP contribution in [-0.4, -0.2) is 15.0 Å². The van der Waals surface area contributed by atoms with Gasteiger partial charge in [0.1, 0.15) is 22.3 Å². The molecule has 0 saturated heterocycles. The van der Waals surface area contributed by atoms with Crippen molar-refractivity contribution in [1.82, 2.24) is 15.0 Å². The van der Waals surface area contributed by atoms with Crippen molar-refractivity contribution in [3.05, 3.63) is 164 Å². The standard InChI is InChI=1S/C47H27N3O2/c1-3-9-28(10-4-1)45-48-46(29-11-5-2-6-12-29)50-47(49-45)34-18-20-35-32(23-34)15-16-33-25-40-37-21-17-31(26-43(37)52-44(40)27-38(33)35)30-19-22-42-39(24-30)36-13-7-8-14-41(36)51-42/h1-27H. The number of rotatable bonds is 4. The van der Waals surface area contributed by atoms with Crippen LogP contribution in [0.4, 0.5) is 0 Å². The lowest BCUT2D eigenvalue weighted by atomic mass is 9.97. The Bertz CT molecular complexity index is 3120. The van der Waals surface area contributed by atoms with E-state index in [0.29, 0.717) is 17.5 Å². The third kappa shape index (κ3) is 4.60. The summed E-state index contributed by atoms with van der Waals surface area (Å²) in [5.74, 6) is 1.93. The molecule has 3 aromatic heterocycles. The van der Waals surface area contributed by atoms with E-state index >= 15 is 0 Å². The van der Waals surface area contributed by atoms with Gasteiger partial charge in [-0.15, -0.1) is 0 Å². The van der Waals surface area contributed by atoms with Gasteiger partial charge in [0.15, 0.2) is 17.5 Å². The van der Waals surface area contributed by atoms with Gasteiger partial charge in [0, 0.05) is 38.2 Å². The van der Waals surface area contributed by atoms with Crippen LogP contribution in [0.5, 0.6) is 0 Å². The van der Waals surface area contributed by atoms with Crippen LogP contribution in [-0.2, 0) is 0 Å². The lowest BCUT2D eigenvalue weighted by molar-refractivity contribution is 0.669. The number of hydrogen-bond donors (Lipinski definition) is 0. The Labute approximate surface area is 297 Å². The molecule has 0 aliphatic carbocycles. The van der Waals surface area contributed by atoms with Crippen LogP contribution in [0.3, 0.4) is 0 Å². The smallest absolute Gasteiger partial charge is 0.164 e. The first kappa shape index (κ1) is 28.7. The van der Waals surface area contributed by atoms with E-state index in [0.717, 1.165) is 93.2 Å². The van der Waals surface area contributed by atoms with Crippen LogP contribution in [0.2, 0.25) is 0 Å². The minimum atomic E-state index is 0.637. The van der Waals surface area contributed by atoms with Crippen LogP contribution in [0, 0.1) is 0 Å². The molecule has 11 rings (SSSR count). The second kappa shape index (κ2) is 11.2. The van der Waals surface area contributed by atoms with E-state index in [1.54, 1.807) is 0 Å². The molecule has 0 saturated carbocycles. The molecule has 0 fully saturated rings. The van der Waals surface area contributed by atoms with E-state index < -0.39 is 0 Å². The molecule has 5 nitrogen and oxygen atoms in total. The van der Waals surface area contributed by atoms with Crippen LogP contribution in [0.15, 0.2) is 173 Å². The van der Waals surface area contributed by atoms with Crippen molar-refractivity contribution < 1.29 is 8.83 Å². The number of nitrogens with zero attached hydrogens (tertiary/aromatic N) is 3. The van der Waals surface area contributed by atoms with Crippen LogP contribution in [0.1, 0.15) is 0 Å². The van der Waals surface area contributed by atoms with Gasteiger partial charge in [-0.2, -0.15) is 0 Å². The Morgan fingerprint density at radius 2 is 0.788 bits per heavy atom. The molecule has 0 amide bonds. The minimum Gasteiger partial charge on any atom is -0.456 e. The van der Waals surface area contributed by atoms with E-state index in [2.05, 4.69) is 91.0 Å². The summed E-state index contributed by atoms with van der Waals surface area (Å²) < 4.78 is 12.6. The third-order valence-corrected chi connectivity index (χ3v) is 10.1. The van der Waals surface area contributed by atoms with Gasteiger partial charge in [-0.05, 0) is 81.2 Å². The third-order valence-electron chi connectivity index (χ3n) is 10.1. The second-order valence-electron chi connectivity index (χ2n) is 13.2. The Kier molecular flexibility index (Phi) is 6.18. The molecular weight excluding hydrogens is 639 g/mol. The zero-order chi connectivity index (χ0) is 34.2. The predicted octanol–water partition coefficient (Wildman–Crippen LogP) is 12.6. The van der Waals surface area contributed by atoms with Gasteiger partial charge >= 0.3 is 0 Å². The Balaban J connectivity index is 1.01. The lowest BCUT2D eigenvalue weighted by Crippen LogP contribution is -2.00.